The van der Waals surface area contributed by atoms with Gasteiger partial charge in [-0.1, -0.05) is 81.0 Å². The van der Waals surface area contributed by atoms with Gasteiger partial charge in [0, 0.05) is 35.2 Å². The van der Waals surface area contributed by atoms with Gasteiger partial charge < -0.3 is 42.0 Å². The summed E-state index contributed by atoms with van der Waals surface area (Å²) in [6, 6.07) is 19.6. The average Bonchev–Trinajstić information content (AvgIpc) is 3.53. The van der Waals surface area contributed by atoms with Crippen LogP contribution in [0.5, 0.6) is 5.75 Å². The summed E-state index contributed by atoms with van der Waals surface area (Å²) in [4.78, 5) is 40.8. The molecule has 0 aromatic heterocycles. The topological polar surface area (TPSA) is 188 Å². The summed E-state index contributed by atoms with van der Waals surface area (Å²) in [7, 11) is 5.49. The second kappa shape index (κ2) is 17.4. The number of aliphatic imine (C=N–C) groups is 1. The average molecular weight is 782 g/mol. The Morgan fingerprint density at radius 3 is 2.46 bits per heavy atom. The van der Waals surface area contributed by atoms with E-state index in [0.29, 0.717) is 52.6 Å². The van der Waals surface area contributed by atoms with E-state index in [1.165, 1.54) is 5.57 Å². The highest BCUT2D eigenvalue weighted by atomic mass is 16.7. The van der Waals surface area contributed by atoms with Crippen LogP contribution in [0.25, 0.3) is 11.1 Å². The Labute approximate surface area is 336 Å². The molecule has 0 spiro atoms. The number of aliphatic hydroxyl groups is 2. The first kappa shape index (κ1) is 41.8. The van der Waals surface area contributed by atoms with Gasteiger partial charge in [0.25, 0.3) is 5.91 Å². The normalized spacial score (nSPS) is 24.8. The van der Waals surface area contributed by atoms with E-state index >= 15 is 0 Å². The van der Waals surface area contributed by atoms with Crippen molar-refractivity contribution in [3.8, 4) is 16.9 Å². The number of para-hydroxylation sites is 1. The zero-order valence-electron chi connectivity index (χ0n) is 34.1. The molecule has 13 heteroatoms. The first-order valence-electron chi connectivity index (χ1n) is 19.8. The number of fused-ring (bicyclic) bond motifs is 2. The van der Waals surface area contributed by atoms with E-state index in [-0.39, 0.29) is 54.3 Å². The predicted molar refractivity (Wildman–Crippen MR) is 221 cm³/mol. The Balaban J connectivity index is 1.31. The van der Waals surface area contributed by atoms with Crippen molar-refractivity contribution in [1.29, 1.82) is 0 Å². The minimum atomic E-state index is -0.946. The number of methoxy groups -OCH3 is 1. The second-order valence-electron chi connectivity index (χ2n) is 16.7. The molecule has 2 fully saturated rings. The van der Waals surface area contributed by atoms with Gasteiger partial charge in [-0.25, -0.2) is 4.99 Å². The molecule has 57 heavy (non-hydrogen) atoms. The van der Waals surface area contributed by atoms with E-state index in [2.05, 4.69) is 42.5 Å². The molecule has 2 bridgehead atoms. The predicted octanol–water partition coefficient (Wildman–Crippen LogP) is 3.75. The zero-order chi connectivity index (χ0) is 41.2. The lowest BCUT2D eigenvalue weighted by molar-refractivity contribution is -0.182. The standard InChI is InChI=1S/C44H59N7O6/c1-25-35-20-31(44(35,3)4)21-36(25)49-42(55)39-38(26(2)53)37(24-52)57-51(39)22-28-14-11-15-34(40(28)56-7)29-17-30(19-32(18-29)48-43(45)46)41(54)47-33(23-50(5)6)16-27-12-9-8-10-13-27/h8-15,17-19,21,25-26,33,35-39,52-53H,16,20,22-24H2,1-7H3,(H,47,54)(H,49,55)(H4,45,46,48)/t25-,26-,33-,35-,36-,37-,38+,39-/m0/s1. The minimum absolute atomic E-state index is 0.0957. The molecular weight excluding hydrogens is 723 g/mol. The van der Waals surface area contributed by atoms with Crippen LogP contribution >= 0.6 is 0 Å². The second-order valence-corrected chi connectivity index (χ2v) is 16.7. The maximum Gasteiger partial charge on any atom is 0.251 e. The summed E-state index contributed by atoms with van der Waals surface area (Å²) in [5, 5.41) is 29.3. The van der Waals surface area contributed by atoms with Gasteiger partial charge in [-0.2, -0.15) is 5.06 Å². The number of nitrogens with two attached hydrogens (primary N) is 2. The monoisotopic (exact) mass is 781 g/mol. The van der Waals surface area contributed by atoms with Crippen molar-refractivity contribution in [1.82, 2.24) is 20.6 Å². The van der Waals surface area contributed by atoms with E-state index in [1.54, 1.807) is 37.3 Å². The van der Waals surface area contributed by atoms with Crippen molar-refractivity contribution in [2.24, 2.45) is 39.6 Å². The number of nitrogens with zero attached hydrogens (tertiary/aromatic N) is 3. The molecule has 8 atom stereocenters. The smallest absolute Gasteiger partial charge is 0.251 e. The SMILES string of the molecule is COc1c(CN2O[C@@H](CO)[C@@H]([C@H](C)O)[C@H]2C(=O)N[C@H]2C=C3C[C@@H]([C@@H]2C)C3(C)C)cccc1-c1cc(N=C(N)N)cc(C(=O)N[C@@H](Cc2ccccc2)CN(C)C)c1. The Kier molecular flexibility index (Phi) is 12.7. The largest absolute Gasteiger partial charge is 0.496 e. The van der Waals surface area contributed by atoms with E-state index in [0.717, 1.165) is 12.0 Å². The molecular formula is C44H59N7O6. The zero-order valence-corrected chi connectivity index (χ0v) is 34.1. The number of carbonyl (C=O) groups excluding carboxylic acids is 2. The van der Waals surface area contributed by atoms with Crippen molar-refractivity contribution < 1.29 is 29.4 Å². The molecule has 1 saturated carbocycles. The van der Waals surface area contributed by atoms with Gasteiger partial charge in [0.15, 0.2) is 5.96 Å². The third-order valence-electron chi connectivity index (χ3n) is 12.1. The maximum absolute atomic E-state index is 14.3. The molecule has 0 radical (unpaired) electrons. The van der Waals surface area contributed by atoms with Crippen LogP contribution in [0.3, 0.4) is 0 Å². The van der Waals surface area contributed by atoms with Crippen molar-refractivity contribution in [3.05, 3.63) is 95.1 Å². The van der Waals surface area contributed by atoms with Gasteiger partial charge in [0.05, 0.1) is 38.1 Å². The quantitative estimate of drug-likeness (QED) is 0.0754. The number of amides is 2. The molecule has 3 aromatic carbocycles. The molecule has 0 unspecified atom stereocenters. The third-order valence-corrected chi connectivity index (χ3v) is 12.1. The first-order chi connectivity index (χ1) is 27.1. The van der Waals surface area contributed by atoms with Crippen LogP contribution in [0.15, 0.2) is 83.4 Å². The van der Waals surface area contributed by atoms with Gasteiger partial charge in [-0.3, -0.25) is 14.4 Å². The Morgan fingerprint density at radius 2 is 1.84 bits per heavy atom. The number of benzene rings is 3. The molecule has 4 aliphatic rings. The number of hydrogen-bond donors (Lipinski definition) is 6. The Morgan fingerprint density at radius 1 is 1.11 bits per heavy atom. The molecule has 13 nitrogen and oxygen atoms in total. The number of carbonyl (C=O) groups is 2. The molecule has 3 aliphatic carbocycles. The highest BCUT2D eigenvalue weighted by molar-refractivity contribution is 5.97. The summed E-state index contributed by atoms with van der Waals surface area (Å²) in [5.74, 6) is -0.236. The number of hydroxylamine groups is 2. The molecule has 7 rings (SSSR count). The molecule has 1 saturated heterocycles. The Bertz CT molecular complexity index is 1980. The van der Waals surface area contributed by atoms with Gasteiger partial charge >= 0.3 is 0 Å². The number of likely N-dealkylation sites (N-methyl/N-ethyl adjacent to an activating group) is 1. The van der Waals surface area contributed by atoms with Crippen LogP contribution in [-0.2, 0) is 22.6 Å². The molecule has 306 valence electrons. The third kappa shape index (κ3) is 9.03. The fourth-order valence-corrected chi connectivity index (χ4v) is 9.13. The number of aliphatic hydroxyl groups excluding tert-OH is 2. The maximum atomic E-state index is 14.3. The molecule has 3 aromatic rings. The number of allylic oxidation sites excluding steroid dienone is 1. The van der Waals surface area contributed by atoms with Crippen LogP contribution in [0.1, 0.15) is 55.6 Å². The van der Waals surface area contributed by atoms with Crippen LogP contribution in [0, 0.1) is 23.2 Å². The lowest BCUT2D eigenvalue weighted by Gasteiger charge is -2.56. The molecule has 1 heterocycles. The number of nitrogens with one attached hydrogen (secondary N) is 2. The first-order valence-corrected chi connectivity index (χ1v) is 19.8. The van der Waals surface area contributed by atoms with Gasteiger partial charge in [0.1, 0.15) is 17.9 Å². The fourth-order valence-electron chi connectivity index (χ4n) is 9.13. The molecule has 1 aliphatic heterocycles. The van der Waals surface area contributed by atoms with E-state index in [4.69, 9.17) is 21.0 Å². The number of rotatable bonds is 15. The minimum Gasteiger partial charge on any atom is -0.496 e. The summed E-state index contributed by atoms with van der Waals surface area (Å²) in [6.07, 6.45) is 2.12. The van der Waals surface area contributed by atoms with Gasteiger partial charge in [-0.15, -0.1) is 0 Å². The van der Waals surface area contributed by atoms with Gasteiger partial charge in [-0.05, 0) is 80.4 Å². The number of guanidine groups is 1. The van der Waals surface area contributed by atoms with Crippen LogP contribution in [0.4, 0.5) is 5.69 Å². The number of ether oxygens (including phenoxy) is 1. The van der Waals surface area contributed by atoms with Crippen molar-refractivity contribution in [3.63, 3.8) is 0 Å². The molecule has 2 amide bonds. The van der Waals surface area contributed by atoms with Crippen LogP contribution in [-0.4, -0.2) is 103 Å². The molecule has 8 N–H and O–H groups in total. The summed E-state index contributed by atoms with van der Waals surface area (Å²) >= 11 is 0. The highest BCUT2D eigenvalue weighted by Crippen LogP contribution is 2.58. The summed E-state index contributed by atoms with van der Waals surface area (Å²) < 4.78 is 6.05. The lowest BCUT2D eigenvalue weighted by atomic mass is 9.50. The van der Waals surface area contributed by atoms with Crippen LogP contribution in [0.2, 0.25) is 0 Å². The van der Waals surface area contributed by atoms with Crippen molar-refractivity contribution in [2.45, 2.75) is 77.4 Å². The summed E-state index contributed by atoms with van der Waals surface area (Å²) in [6.45, 7) is 8.65. The lowest BCUT2D eigenvalue weighted by Crippen LogP contribution is -2.57. The Hall–Kier alpha value is -4.79. The highest BCUT2D eigenvalue weighted by Gasteiger charge is 2.53. The van der Waals surface area contributed by atoms with E-state index < -0.39 is 24.2 Å². The van der Waals surface area contributed by atoms with Gasteiger partial charge in [0.2, 0.25) is 5.91 Å². The van der Waals surface area contributed by atoms with E-state index in [1.807, 2.05) is 67.5 Å². The van der Waals surface area contributed by atoms with Crippen molar-refractivity contribution >= 4 is 23.5 Å². The summed E-state index contributed by atoms with van der Waals surface area (Å²) in [5.41, 5.74) is 16.9. The van der Waals surface area contributed by atoms with E-state index in [9.17, 15) is 19.8 Å². The number of hydrogen-bond acceptors (Lipinski definition) is 9. The van der Waals surface area contributed by atoms with Crippen molar-refractivity contribution in [2.75, 3.05) is 34.4 Å². The fraction of sp³-hybridized carbons (Fsp3) is 0.477. The van der Waals surface area contributed by atoms with Crippen LogP contribution < -0.4 is 26.8 Å².